The fourth-order valence-electron chi connectivity index (χ4n) is 1.66. The number of hydrogen-bond donors (Lipinski definition) is 1. The molecule has 0 saturated carbocycles. The zero-order chi connectivity index (χ0) is 15.6. The zero-order valence-electron chi connectivity index (χ0n) is 10.5. The smallest absolute Gasteiger partial charge is 0.337 e. The zero-order valence-corrected chi connectivity index (χ0v) is 12.1. The molecule has 2 aromatic rings. The Morgan fingerprint density at radius 2 is 2.14 bits per heavy atom. The van der Waals surface area contributed by atoms with Crippen LogP contribution in [0.2, 0.25) is 5.02 Å². The van der Waals surface area contributed by atoms with Crippen molar-refractivity contribution in [3.63, 3.8) is 0 Å². The molecule has 0 fully saturated rings. The highest BCUT2D eigenvalue weighted by Gasteiger charge is 2.22. The average Bonchev–Trinajstić information content (AvgIpc) is 2.92. The molecule has 1 heterocycles. The monoisotopic (exact) mass is 332 g/mol. The molecule has 21 heavy (non-hydrogen) atoms. The molecule has 0 aliphatic carbocycles. The predicted octanol–water partition coefficient (Wildman–Crippen LogP) is 1.85. The van der Waals surface area contributed by atoms with Crippen molar-refractivity contribution in [3.8, 4) is 0 Å². The number of carboxylic acid groups (broad SMARTS) is 1. The number of carbonyl (C=O) groups is 1. The lowest BCUT2D eigenvalue weighted by Gasteiger charge is -2.08. The Labute approximate surface area is 124 Å². The van der Waals surface area contributed by atoms with Crippen LogP contribution in [0, 0.1) is 5.82 Å². The first kappa shape index (κ1) is 15.5. The van der Waals surface area contributed by atoms with Gasteiger partial charge in [0.05, 0.1) is 27.8 Å². The molecule has 0 bridgehead atoms. The lowest BCUT2D eigenvalue weighted by molar-refractivity contribution is 0.0696. The van der Waals surface area contributed by atoms with Crippen LogP contribution < -0.4 is 0 Å². The van der Waals surface area contributed by atoms with E-state index in [4.69, 9.17) is 16.7 Å². The molecule has 0 aliphatic heterocycles. The first-order valence-electron chi connectivity index (χ1n) is 5.74. The molecule has 0 radical (unpaired) electrons. The van der Waals surface area contributed by atoms with Crippen molar-refractivity contribution in [3.05, 3.63) is 47.0 Å². The highest BCUT2D eigenvalue weighted by molar-refractivity contribution is 7.91. The number of rotatable bonds is 5. The van der Waals surface area contributed by atoms with Gasteiger partial charge in [-0.15, -0.1) is 0 Å². The van der Waals surface area contributed by atoms with E-state index in [0.29, 0.717) is 6.07 Å². The third-order valence-corrected chi connectivity index (χ3v) is 4.80. The molecule has 0 saturated heterocycles. The Kier molecular flexibility index (Phi) is 4.29. The van der Waals surface area contributed by atoms with Crippen LogP contribution in [0.5, 0.6) is 0 Å². The maximum atomic E-state index is 13.6. The van der Waals surface area contributed by atoms with Crippen molar-refractivity contribution in [2.45, 2.75) is 11.4 Å². The standard InChI is InChI=1S/C12H10ClFN2O4S/c13-11-9(12(17)18)6-8(7-10(11)14)21(19,20)5-4-16-3-1-2-15-16/h1-3,6-7H,4-5H2,(H,17,18). The van der Waals surface area contributed by atoms with Gasteiger partial charge < -0.3 is 5.11 Å². The fraction of sp³-hybridized carbons (Fsp3) is 0.167. The fourth-order valence-corrected chi connectivity index (χ4v) is 3.10. The summed E-state index contributed by atoms with van der Waals surface area (Å²) in [5, 5.41) is 12.1. The Morgan fingerprint density at radius 1 is 1.43 bits per heavy atom. The highest BCUT2D eigenvalue weighted by Crippen LogP contribution is 2.25. The SMILES string of the molecule is O=C(O)c1cc(S(=O)(=O)CCn2cccn2)cc(F)c1Cl. The summed E-state index contributed by atoms with van der Waals surface area (Å²) in [7, 11) is -3.85. The van der Waals surface area contributed by atoms with Gasteiger partial charge in [0.1, 0.15) is 5.82 Å². The van der Waals surface area contributed by atoms with Gasteiger partial charge in [0.2, 0.25) is 0 Å². The Balaban J connectivity index is 2.33. The molecule has 1 N–H and O–H groups in total. The topological polar surface area (TPSA) is 89.3 Å². The number of benzene rings is 1. The van der Waals surface area contributed by atoms with Crippen molar-refractivity contribution in [2.75, 3.05) is 5.75 Å². The van der Waals surface area contributed by atoms with Crippen LogP contribution in [0.1, 0.15) is 10.4 Å². The van der Waals surface area contributed by atoms with Gasteiger partial charge in [0, 0.05) is 12.4 Å². The minimum Gasteiger partial charge on any atom is -0.478 e. The van der Waals surface area contributed by atoms with Crippen LogP contribution in [0.15, 0.2) is 35.5 Å². The third kappa shape index (κ3) is 3.40. The van der Waals surface area contributed by atoms with Crippen LogP contribution in [0.3, 0.4) is 0 Å². The predicted molar refractivity (Wildman–Crippen MR) is 72.6 cm³/mol. The van der Waals surface area contributed by atoms with Gasteiger partial charge in [-0.1, -0.05) is 11.6 Å². The summed E-state index contributed by atoms with van der Waals surface area (Å²) in [5.41, 5.74) is -0.589. The lowest BCUT2D eigenvalue weighted by Crippen LogP contribution is -2.15. The van der Waals surface area contributed by atoms with E-state index >= 15 is 0 Å². The number of halogens is 2. The first-order valence-corrected chi connectivity index (χ1v) is 7.77. The number of carboxylic acids is 1. The molecule has 0 amide bonds. The molecule has 6 nitrogen and oxygen atoms in total. The van der Waals surface area contributed by atoms with Gasteiger partial charge in [-0.2, -0.15) is 5.10 Å². The molecule has 0 spiro atoms. The normalized spacial score (nSPS) is 11.5. The van der Waals surface area contributed by atoms with Crippen molar-refractivity contribution in [1.29, 1.82) is 0 Å². The maximum Gasteiger partial charge on any atom is 0.337 e. The van der Waals surface area contributed by atoms with E-state index in [-0.39, 0.29) is 12.3 Å². The lowest BCUT2D eigenvalue weighted by atomic mass is 10.2. The van der Waals surface area contributed by atoms with E-state index < -0.39 is 37.1 Å². The van der Waals surface area contributed by atoms with Crippen LogP contribution in [0.4, 0.5) is 4.39 Å². The van der Waals surface area contributed by atoms with Crippen LogP contribution in [-0.4, -0.2) is 35.0 Å². The molecule has 0 aliphatic rings. The van der Waals surface area contributed by atoms with E-state index in [2.05, 4.69) is 5.10 Å². The number of hydrogen-bond acceptors (Lipinski definition) is 4. The second-order valence-corrected chi connectivity index (χ2v) is 6.65. The van der Waals surface area contributed by atoms with Gasteiger partial charge in [-0.3, -0.25) is 4.68 Å². The first-order chi connectivity index (χ1) is 9.81. The largest absolute Gasteiger partial charge is 0.478 e. The summed E-state index contributed by atoms with van der Waals surface area (Å²) in [5.74, 6) is -2.92. The minimum atomic E-state index is -3.85. The molecule has 9 heteroatoms. The molecular weight excluding hydrogens is 323 g/mol. The van der Waals surface area contributed by atoms with E-state index in [1.165, 1.54) is 10.9 Å². The third-order valence-electron chi connectivity index (χ3n) is 2.74. The summed E-state index contributed by atoms with van der Waals surface area (Å²) in [6.45, 7) is 0.0714. The van der Waals surface area contributed by atoms with Gasteiger partial charge in [0.15, 0.2) is 9.84 Å². The van der Waals surface area contributed by atoms with E-state index in [1.807, 2.05) is 0 Å². The van der Waals surface area contributed by atoms with Crippen LogP contribution in [-0.2, 0) is 16.4 Å². The van der Waals surface area contributed by atoms with E-state index in [0.717, 1.165) is 6.07 Å². The maximum absolute atomic E-state index is 13.6. The van der Waals surface area contributed by atoms with E-state index in [9.17, 15) is 17.6 Å². The molecule has 112 valence electrons. The van der Waals surface area contributed by atoms with Crippen LogP contribution >= 0.6 is 11.6 Å². The molecule has 1 aromatic carbocycles. The quantitative estimate of drug-likeness (QED) is 0.902. The van der Waals surface area contributed by atoms with Crippen molar-refractivity contribution >= 4 is 27.4 Å². The molecule has 1 aromatic heterocycles. The number of aromatic carboxylic acids is 1. The van der Waals surface area contributed by atoms with Gasteiger partial charge in [-0.25, -0.2) is 17.6 Å². The summed E-state index contributed by atoms with van der Waals surface area (Å²) in [4.78, 5) is 10.5. The summed E-state index contributed by atoms with van der Waals surface area (Å²) >= 11 is 5.50. The van der Waals surface area contributed by atoms with Crippen molar-refractivity contribution in [2.24, 2.45) is 0 Å². The highest BCUT2D eigenvalue weighted by atomic mass is 35.5. The molecular formula is C12H10ClFN2O4S. The second kappa shape index (κ2) is 5.82. The number of nitrogens with zero attached hydrogens (tertiary/aromatic N) is 2. The van der Waals surface area contributed by atoms with Crippen molar-refractivity contribution in [1.82, 2.24) is 9.78 Å². The number of sulfone groups is 1. The summed E-state index contributed by atoms with van der Waals surface area (Å²) in [6, 6.07) is 3.20. The Morgan fingerprint density at radius 3 is 2.71 bits per heavy atom. The Hall–Kier alpha value is -1.93. The minimum absolute atomic E-state index is 0.0714. The van der Waals surface area contributed by atoms with Crippen LogP contribution in [0.25, 0.3) is 0 Å². The average molecular weight is 333 g/mol. The summed E-state index contributed by atoms with van der Waals surface area (Å²) < 4.78 is 39.2. The molecule has 0 unspecified atom stereocenters. The summed E-state index contributed by atoms with van der Waals surface area (Å²) in [6.07, 6.45) is 3.08. The number of aryl methyl sites for hydroxylation is 1. The van der Waals surface area contributed by atoms with Gasteiger partial charge in [0.25, 0.3) is 0 Å². The molecule has 2 rings (SSSR count). The molecule has 0 atom stereocenters. The van der Waals surface area contributed by atoms with Gasteiger partial charge in [-0.05, 0) is 18.2 Å². The Bertz CT molecular complexity index is 775. The van der Waals surface area contributed by atoms with Gasteiger partial charge >= 0.3 is 5.97 Å². The van der Waals surface area contributed by atoms with E-state index in [1.54, 1.807) is 12.3 Å². The van der Waals surface area contributed by atoms with Crippen molar-refractivity contribution < 1.29 is 22.7 Å². The number of aromatic nitrogens is 2. The second-order valence-electron chi connectivity index (χ2n) is 4.16.